The summed E-state index contributed by atoms with van der Waals surface area (Å²) in [6.45, 7) is 4.38. The number of benzene rings is 3. The van der Waals surface area contributed by atoms with E-state index in [2.05, 4.69) is 18.7 Å². The quantitative estimate of drug-likeness (QED) is 0.236. The van der Waals surface area contributed by atoms with Crippen molar-refractivity contribution in [3.05, 3.63) is 102 Å². The molecule has 1 nitrogen and oxygen atoms in total. The standard InChI is InChI=1S/C34H33F3O/c1-2-21-3-5-22(6-4-21)23-7-9-24(10-8-23)27-15-16-28(31(35)19-27)25-11-13-26(14-12-25)29-17-18-30(32-20-38-32)34(37)33(29)36/h2,9,11-19,21-23,32H,1,3-8,10,20H2. The van der Waals surface area contributed by atoms with Crippen LogP contribution in [0.5, 0.6) is 0 Å². The van der Waals surface area contributed by atoms with Crippen molar-refractivity contribution in [2.75, 3.05) is 6.61 Å². The molecular weight excluding hydrogens is 481 g/mol. The second kappa shape index (κ2) is 10.6. The Morgan fingerprint density at radius 2 is 1.39 bits per heavy atom. The Labute approximate surface area is 223 Å². The molecule has 0 N–H and O–H groups in total. The van der Waals surface area contributed by atoms with Crippen LogP contribution in [0.4, 0.5) is 13.2 Å². The van der Waals surface area contributed by atoms with E-state index >= 15 is 4.39 Å². The number of ether oxygens (including phenoxy) is 1. The van der Waals surface area contributed by atoms with Crippen molar-refractivity contribution in [3.63, 3.8) is 0 Å². The van der Waals surface area contributed by atoms with Gasteiger partial charge in [0.15, 0.2) is 11.6 Å². The molecule has 0 amide bonds. The van der Waals surface area contributed by atoms with Gasteiger partial charge in [-0.05, 0) is 91.0 Å². The molecule has 4 heteroatoms. The van der Waals surface area contributed by atoms with E-state index in [1.807, 2.05) is 12.1 Å². The van der Waals surface area contributed by atoms with Crippen LogP contribution in [-0.2, 0) is 4.74 Å². The zero-order chi connectivity index (χ0) is 26.2. The highest BCUT2D eigenvalue weighted by Gasteiger charge is 2.30. The number of rotatable bonds is 6. The van der Waals surface area contributed by atoms with Gasteiger partial charge >= 0.3 is 0 Å². The van der Waals surface area contributed by atoms with Crippen molar-refractivity contribution in [1.29, 1.82) is 0 Å². The summed E-state index contributed by atoms with van der Waals surface area (Å²) in [6.07, 6.45) is 12.5. The van der Waals surface area contributed by atoms with Gasteiger partial charge in [0.05, 0.1) is 6.61 Å². The lowest BCUT2D eigenvalue weighted by molar-refractivity contribution is 0.212. The molecule has 3 aromatic carbocycles. The highest BCUT2D eigenvalue weighted by Crippen LogP contribution is 2.42. The molecule has 2 atom stereocenters. The van der Waals surface area contributed by atoms with Crippen LogP contribution in [0.1, 0.15) is 62.2 Å². The van der Waals surface area contributed by atoms with Crippen molar-refractivity contribution < 1.29 is 17.9 Å². The Bertz CT molecular complexity index is 1360. The molecule has 196 valence electrons. The van der Waals surface area contributed by atoms with Crippen LogP contribution in [-0.4, -0.2) is 6.61 Å². The predicted octanol–water partition coefficient (Wildman–Crippen LogP) is 9.69. The number of epoxide rings is 1. The minimum Gasteiger partial charge on any atom is -0.368 e. The molecule has 2 aliphatic carbocycles. The summed E-state index contributed by atoms with van der Waals surface area (Å²) in [4.78, 5) is 0. The third-order valence-electron chi connectivity index (χ3n) is 8.91. The van der Waals surface area contributed by atoms with Gasteiger partial charge in [-0.15, -0.1) is 6.58 Å². The van der Waals surface area contributed by atoms with E-state index in [0.717, 1.165) is 30.2 Å². The first-order valence-electron chi connectivity index (χ1n) is 13.8. The fourth-order valence-corrected chi connectivity index (χ4v) is 6.44. The third kappa shape index (κ3) is 4.99. The van der Waals surface area contributed by atoms with Crippen LogP contribution < -0.4 is 0 Å². The lowest BCUT2D eigenvalue weighted by Gasteiger charge is -2.34. The fourth-order valence-electron chi connectivity index (χ4n) is 6.44. The summed E-state index contributed by atoms with van der Waals surface area (Å²) >= 11 is 0. The second-order valence-electron chi connectivity index (χ2n) is 11.1. The molecule has 0 bridgehead atoms. The summed E-state index contributed by atoms with van der Waals surface area (Å²) in [7, 11) is 0. The highest BCUT2D eigenvalue weighted by atomic mass is 19.2. The van der Waals surface area contributed by atoms with Crippen molar-refractivity contribution in [2.45, 2.75) is 51.0 Å². The Hall–Kier alpha value is -3.11. The minimum absolute atomic E-state index is 0.186. The predicted molar refractivity (Wildman–Crippen MR) is 147 cm³/mol. The maximum Gasteiger partial charge on any atom is 0.167 e. The summed E-state index contributed by atoms with van der Waals surface area (Å²) < 4.78 is 49.5. The zero-order valence-corrected chi connectivity index (χ0v) is 21.6. The molecule has 0 radical (unpaired) electrons. The van der Waals surface area contributed by atoms with Gasteiger partial charge in [-0.1, -0.05) is 60.7 Å². The van der Waals surface area contributed by atoms with Gasteiger partial charge in [-0.25, -0.2) is 13.2 Å². The van der Waals surface area contributed by atoms with E-state index in [4.69, 9.17) is 4.74 Å². The zero-order valence-electron chi connectivity index (χ0n) is 21.6. The third-order valence-corrected chi connectivity index (χ3v) is 8.91. The summed E-state index contributed by atoms with van der Waals surface area (Å²) in [5, 5.41) is 0. The fraction of sp³-hybridized carbons (Fsp3) is 0.353. The van der Waals surface area contributed by atoms with Crippen LogP contribution in [0.25, 0.3) is 27.8 Å². The molecule has 3 aromatic rings. The molecular formula is C34H33F3O. The van der Waals surface area contributed by atoms with Crippen LogP contribution in [0, 0.1) is 35.2 Å². The van der Waals surface area contributed by atoms with Gasteiger partial charge in [0.2, 0.25) is 0 Å². The first kappa shape index (κ1) is 25.2. The van der Waals surface area contributed by atoms with Crippen molar-refractivity contribution in [1.82, 2.24) is 0 Å². The SMILES string of the molecule is C=CC1CCC(C2CC=C(c3ccc(-c4ccc(-c5ccc(C6CO6)c(F)c5F)cc4)c(F)c3)CC2)CC1. The Kier molecular flexibility index (Phi) is 7.01. The molecule has 3 aliphatic rings. The first-order valence-corrected chi connectivity index (χ1v) is 13.8. The average molecular weight is 515 g/mol. The first-order chi connectivity index (χ1) is 18.5. The van der Waals surface area contributed by atoms with Gasteiger partial charge in [0.1, 0.15) is 11.9 Å². The topological polar surface area (TPSA) is 12.5 Å². The van der Waals surface area contributed by atoms with Crippen LogP contribution >= 0.6 is 0 Å². The van der Waals surface area contributed by atoms with E-state index in [1.54, 1.807) is 42.5 Å². The number of hydrogen-bond acceptors (Lipinski definition) is 1. The molecule has 0 aromatic heterocycles. The Morgan fingerprint density at radius 1 is 0.737 bits per heavy atom. The highest BCUT2D eigenvalue weighted by molar-refractivity contribution is 5.74. The van der Waals surface area contributed by atoms with Gasteiger partial charge in [0, 0.05) is 16.7 Å². The molecule has 1 heterocycles. The number of hydrogen-bond donors (Lipinski definition) is 0. The van der Waals surface area contributed by atoms with Gasteiger partial charge in [0.25, 0.3) is 0 Å². The van der Waals surface area contributed by atoms with Gasteiger partial charge in [-0.2, -0.15) is 0 Å². The molecule has 1 saturated heterocycles. The summed E-state index contributed by atoms with van der Waals surface area (Å²) in [5.74, 6) is 0.224. The van der Waals surface area contributed by atoms with E-state index in [9.17, 15) is 8.78 Å². The van der Waals surface area contributed by atoms with Crippen LogP contribution in [0.3, 0.4) is 0 Å². The van der Waals surface area contributed by atoms with E-state index < -0.39 is 11.6 Å². The van der Waals surface area contributed by atoms with Crippen LogP contribution in [0.15, 0.2) is 73.3 Å². The molecule has 6 rings (SSSR count). The number of allylic oxidation sites excluding steroid dienone is 3. The minimum atomic E-state index is -0.881. The maximum absolute atomic E-state index is 15.2. The van der Waals surface area contributed by atoms with Gasteiger partial charge in [-0.3, -0.25) is 0 Å². The second-order valence-corrected chi connectivity index (χ2v) is 11.1. The lowest BCUT2D eigenvalue weighted by Crippen LogP contribution is -2.22. The van der Waals surface area contributed by atoms with Crippen molar-refractivity contribution >= 4 is 5.57 Å². The van der Waals surface area contributed by atoms with Crippen molar-refractivity contribution in [3.8, 4) is 22.3 Å². The molecule has 2 unspecified atom stereocenters. The summed E-state index contributed by atoms with van der Waals surface area (Å²) in [6, 6.07) is 15.6. The van der Waals surface area contributed by atoms with Crippen LogP contribution in [0.2, 0.25) is 0 Å². The average Bonchev–Trinajstić information content (AvgIpc) is 3.80. The molecule has 2 fully saturated rings. The monoisotopic (exact) mass is 514 g/mol. The molecule has 1 saturated carbocycles. The maximum atomic E-state index is 15.2. The van der Waals surface area contributed by atoms with E-state index in [1.165, 1.54) is 37.7 Å². The normalized spacial score (nSPS) is 25.1. The summed E-state index contributed by atoms with van der Waals surface area (Å²) in [5.41, 5.74) is 4.38. The van der Waals surface area contributed by atoms with E-state index in [0.29, 0.717) is 29.2 Å². The largest absolute Gasteiger partial charge is 0.368 e. The van der Waals surface area contributed by atoms with E-state index in [-0.39, 0.29) is 23.0 Å². The Balaban J connectivity index is 1.15. The molecule has 0 spiro atoms. The smallest absolute Gasteiger partial charge is 0.167 e. The lowest BCUT2D eigenvalue weighted by atomic mass is 9.71. The van der Waals surface area contributed by atoms with Gasteiger partial charge < -0.3 is 4.74 Å². The van der Waals surface area contributed by atoms with Crippen molar-refractivity contribution in [2.24, 2.45) is 17.8 Å². The molecule has 1 aliphatic heterocycles. The number of halogens is 3. The molecule has 38 heavy (non-hydrogen) atoms. The Morgan fingerprint density at radius 3 is 2.00 bits per heavy atom.